The summed E-state index contributed by atoms with van der Waals surface area (Å²) in [7, 11) is 0. The molecule has 2 aromatic heterocycles. The Hall–Kier alpha value is -7.02. The molecule has 0 saturated carbocycles. The van der Waals surface area contributed by atoms with E-state index in [9.17, 15) is 29.1 Å². The van der Waals surface area contributed by atoms with Gasteiger partial charge in [0.1, 0.15) is 17.6 Å². The third-order valence-electron chi connectivity index (χ3n) is 9.76. The second-order valence-corrected chi connectivity index (χ2v) is 15.3. The fourth-order valence-corrected chi connectivity index (χ4v) is 6.85. The molecule has 65 heavy (non-hydrogen) atoms. The van der Waals surface area contributed by atoms with Gasteiger partial charge in [0.2, 0.25) is 11.8 Å². The predicted octanol–water partition coefficient (Wildman–Crippen LogP) is 6.36. The van der Waals surface area contributed by atoms with E-state index in [0.29, 0.717) is 90.2 Å². The number of ether oxygens (including phenoxy) is 2. The molecule has 0 fully saturated rings. The van der Waals surface area contributed by atoms with Gasteiger partial charge in [0.25, 0.3) is 11.7 Å². The number of pyridine rings is 2. The molecule has 0 aliphatic carbocycles. The van der Waals surface area contributed by atoms with E-state index in [1.165, 1.54) is 23.8 Å². The lowest BCUT2D eigenvalue weighted by molar-refractivity contribution is -0.777. The SMILES string of the molecule is O=C(CCCCCOc1cc(-c2ccccc2)cc(-c2ccc(F)cc2)n1)NC(Cc1ccc(OCCCNC(=O)c2ccc([NH2+]/N=C/c3ccccc3SOO[O-])nc2)cc1)C(=O)O. The van der Waals surface area contributed by atoms with E-state index >= 15 is 0 Å². The van der Waals surface area contributed by atoms with Crippen LogP contribution in [0.15, 0.2) is 144 Å². The number of aliphatic carboxylic acids is 1. The molecule has 2 amide bonds. The summed E-state index contributed by atoms with van der Waals surface area (Å²) in [6, 6.07) is 36.1. The van der Waals surface area contributed by atoms with Gasteiger partial charge in [0, 0.05) is 53.7 Å². The highest BCUT2D eigenvalue weighted by atomic mass is 32.2. The van der Waals surface area contributed by atoms with Crippen molar-refractivity contribution >= 4 is 41.9 Å². The zero-order chi connectivity index (χ0) is 45.6. The summed E-state index contributed by atoms with van der Waals surface area (Å²) in [4.78, 5) is 47.0. The van der Waals surface area contributed by atoms with E-state index in [1.54, 1.807) is 72.9 Å². The highest BCUT2D eigenvalue weighted by Crippen LogP contribution is 2.29. The predicted molar refractivity (Wildman–Crippen MR) is 239 cm³/mol. The minimum atomic E-state index is -1.13. The molecular weight excluding hydrogens is 856 g/mol. The number of carboxylic acid groups (broad SMARTS) is 1. The van der Waals surface area contributed by atoms with Crippen LogP contribution in [0.5, 0.6) is 11.6 Å². The van der Waals surface area contributed by atoms with Gasteiger partial charge < -0.3 is 30.5 Å². The number of amides is 2. The van der Waals surface area contributed by atoms with Crippen LogP contribution in [0.3, 0.4) is 0 Å². The molecule has 0 spiro atoms. The van der Waals surface area contributed by atoms with Crippen LogP contribution in [0, 0.1) is 5.82 Å². The largest absolute Gasteiger partial charge is 0.691 e. The minimum Gasteiger partial charge on any atom is -0.691 e. The van der Waals surface area contributed by atoms with Crippen LogP contribution in [0.25, 0.3) is 22.4 Å². The number of quaternary nitrogens is 1. The number of carbonyl (C=O) groups excluding carboxylic acids is 2. The van der Waals surface area contributed by atoms with E-state index in [2.05, 4.69) is 35.1 Å². The zero-order valence-corrected chi connectivity index (χ0v) is 36.0. The van der Waals surface area contributed by atoms with E-state index < -0.39 is 12.0 Å². The van der Waals surface area contributed by atoms with Crippen LogP contribution in [-0.2, 0) is 25.4 Å². The molecule has 0 aliphatic rings. The average molecular weight is 903 g/mol. The molecule has 0 saturated heterocycles. The molecule has 1 unspecified atom stereocenters. The lowest BCUT2D eigenvalue weighted by atomic mass is 10.0. The second-order valence-electron chi connectivity index (χ2n) is 14.5. The Morgan fingerprint density at radius 1 is 0.831 bits per heavy atom. The van der Waals surface area contributed by atoms with Crippen molar-refractivity contribution in [3.8, 4) is 34.0 Å². The lowest BCUT2D eigenvalue weighted by Gasteiger charge is -2.15. The van der Waals surface area contributed by atoms with Crippen molar-refractivity contribution in [1.29, 1.82) is 0 Å². The summed E-state index contributed by atoms with van der Waals surface area (Å²) in [5, 5.41) is 33.1. The van der Waals surface area contributed by atoms with Crippen molar-refractivity contribution in [3.63, 3.8) is 0 Å². The summed E-state index contributed by atoms with van der Waals surface area (Å²) in [5.41, 5.74) is 6.67. The van der Waals surface area contributed by atoms with E-state index in [4.69, 9.17) is 9.47 Å². The molecule has 6 aromatic rings. The maximum atomic E-state index is 13.6. The number of unbranched alkanes of at least 4 members (excludes halogenated alkanes) is 2. The van der Waals surface area contributed by atoms with Gasteiger partial charge in [0.15, 0.2) is 0 Å². The number of carbonyl (C=O) groups is 3. The fourth-order valence-electron chi connectivity index (χ4n) is 6.40. The van der Waals surface area contributed by atoms with E-state index in [0.717, 1.165) is 28.7 Å². The number of rotatable bonds is 25. The monoisotopic (exact) mass is 902 g/mol. The van der Waals surface area contributed by atoms with Crippen LogP contribution < -0.4 is 30.8 Å². The first kappa shape index (κ1) is 47.5. The molecule has 0 radical (unpaired) electrons. The number of hydrogen-bond acceptors (Lipinski definition) is 12. The molecule has 5 N–H and O–H groups in total. The minimum absolute atomic E-state index is 0.0986. The number of benzene rings is 4. The first-order valence-electron chi connectivity index (χ1n) is 20.8. The van der Waals surface area contributed by atoms with Crippen molar-refractivity contribution in [2.75, 3.05) is 19.8 Å². The van der Waals surface area contributed by atoms with E-state index in [-0.39, 0.29) is 30.5 Å². The summed E-state index contributed by atoms with van der Waals surface area (Å²) in [6.45, 7) is 1.06. The Balaban J connectivity index is 0.855. The van der Waals surface area contributed by atoms with Crippen LogP contribution in [0.1, 0.15) is 53.6 Å². The fraction of sp³-hybridized carbons (Fsp3) is 0.208. The number of hydrogen-bond donors (Lipinski definition) is 4. The van der Waals surface area contributed by atoms with Gasteiger partial charge in [-0.05, 0) is 97.0 Å². The third kappa shape index (κ3) is 15.6. The van der Waals surface area contributed by atoms with Gasteiger partial charge in [-0.15, -0.1) is 0 Å². The summed E-state index contributed by atoms with van der Waals surface area (Å²) >= 11 is 0.771. The molecule has 4 aromatic carbocycles. The standard InChI is InChI=1S/C48H47FN6O9S/c49-39-20-17-35(18-21-39)41-29-38(34-10-3-1-4-11-34)30-46(54-41)62-26-8-2-5-14-45(56)53-42(48(58)59)28-33-15-22-40(23-16-33)61-27-9-25-50-47(57)37-19-24-44(51-31-37)55-52-32-36-12-6-7-13-43(36)65-64-63-60/h1,3-4,6-7,10-13,15-24,29-32,42,60H,2,5,8-9,14,25-28H2,(H,50,57)(H,51,55)(H,53,56)(H,58,59)/b52-32+. The maximum absolute atomic E-state index is 13.6. The maximum Gasteiger partial charge on any atom is 0.326 e. The Kier molecular flexibility index (Phi) is 18.5. The molecule has 1 atom stereocenters. The Bertz CT molecular complexity index is 2480. The van der Waals surface area contributed by atoms with Crippen molar-refractivity contribution in [2.24, 2.45) is 5.10 Å². The molecular formula is C48H47FN6O9S. The van der Waals surface area contributed by atoms with Gasteiger partial charge in [-0.25, -0.2) is 19.2 Å². The van der Waals surface area contributed by atoms with Crippen LogP contribution >= 0.6 is 12.0 Å². The summed E-state index contributed by atoms with van der Waals surface area (Å²) in [6.07, 6.45) is 5.72. The summed E-state index contributed by atoms with van der Waals surface area (Å²) < 4.78 is 29.8. The van der Waals surface area contributed by atoms with Crippen molar-refractivity contribution in [3.05, 3.63) is 156 Å². The number of nitrogens with two attached hydrogens (primary N) is 1. The molecule has 2 heterocycles. The quantitative estimate of drug-likeness (QED) is 0.0124. The normalized spacial score (nSPS) is 11.5. The molecule has 0 aliphatic heterocycles. The highest BCUT2D eigenvalue weighted by molar-refractivity contribution is 7.94. The average Bonchev–Trinajstić information content (AvgIpc) is 3.33. The number of nitrogens with one attached hydrogen (secondary N) is 2. The van der Waals surface area contributed by atoms with Crippen molar-refractivity contribution in [1.82, 2.24) is 20.6 Å². The van der Waals surface area contributed by atoms with Crippen molar-refractivity contribution in [2.45, 2.75) is 49.5 Å². The van der Waals surface area contributed by atoms with Gasteiger partial charge in [-0.3, -0.25) is 14.6 Å². The molecule has 17 heteroatoms. The van der Waals surface area contributed by atoms with E-state index in [1.807, 2.05) is 48.5 Å². The third-order valence-corrected chi connectivity index (χ3v) is 10.4. The first-order valence-corrected chi connectivity index (χ1v) is 21.5. The van der Waals surface area contributed by atoms with Gasteiger partial charge >= 0.3 is 5.97 Å². The van der Waals surface area contributed by atoms with Gasteiger partial charge in [-0.2, -0.15) is 9.76 Å². The van der Waals surface area contributed by atoms with Crippen LogP contribution in [0.4, 0.5) is 10.2 Å². The number of carboxylic acids is 1. The topological polar surface area (TPSA) is 210 Å². The van der Waals surface area contributed by atoms with Gasteiger partial charge in [0.05, 0.1) is 42.7 Å². The summed E-state index contributed by atoms with van der Waals surface area (Å²) in [5.74, 6) is -0.536. The highest BCUT2D eigenvalue weighted by Gasteiger charge is 2.20. The zero-order valence-electron chi connectivity index (χ0n) is 35.1. The Morgan fingerprint density at radius 2 is 1.60 bits per heavy atom. The van der Waals surface area contributed by atoms with Crippen LogP contribution in [-0.4, -0.2) is 64.9 Å². The first-order chi connectivity index (χ1) is 31.7. The number of aromatic nitrogens is 2. The smallest absolute Gasteiger partial charge is 0.326 e. The Morgan fingerprint density at radius 3 is 2.35 bits per heavy atom. The number of halogens is 1. The molecule has 336 valence electrons. The van der Waals surface area contributed by atoms with Crippen molar-refractivity contribution < 1.29 is 53.4 Å². The Labute approximate surface area is 379 Å². The molecule has 0 bridgehead atoms. The van der Waals surface area contributed by atoms with Crippen LogP contribution in [0.2, 0.25) is 0 Å². The lowest BCUT2D eigenvalue weighted by Crippen LogP contribution is -2.71. The molecule has 6 rings (SSSR count). The molecule has 15 nitrogen and oxygen atoms in total. The second kappa shape index (κ2) is 25.3. The van der Waals surface area contributed by atoms with Gasteiger partial charge in [-0.1, -0.05) is 65.8 Å². The number of nitrogens with zero attached hydrogens (tertiary/aromatic N) is 3.